The Hall–Kier alpha value is -2.34. The van der Waals surface area contributed by atoms with Gasteiger partial charge in [0.25, 0.3) is 0 Å². The van der Waals surface area contributed by atoms with Crippen molar-refractivity contribution in [3.63, 3.8) is 0 Å². The fraction of sp³-hybridized carbons (Fsp3) is 0.542. The average molecular weight is 445 g/mol. The molecule has 3 rings (SSSR count). The molecule has 1 fully saturated rings. The third kappa shape index (κ3) is 5.88. The smallest absolute Gasteiger partial charge is 0.226 e. The summed E-state index contributed by atoms with van der Waals surface area (Å²) in [7, 11) is 0. The van der Waals surface area contributed by atoms with E-state index in [1.54, 1.807) is 0 Å². The maximum absolute atomic E-state index is 13.1. The third-order valence-corrected chi connectivity index (χ3v) is 6.22. The van der Waals surface area contributed by atoms with Crippen LogP contribution in [0.1, 0.15) is 52.0 Å². The predicted molar refractivity (Wildman–Crippen MR) is 125 cm³/mol. The Morgan fingerprint density at radius 2 is 2.06 bits per heavy atom. The minimum Gasteiger partial charge on any atom is -0.437 e. The van der Waals surface area contributed by atoms with Crippen molar-refractivity contribution in [2.45, 2.75) is 59.4 Å². The van der Waals surface area contributed by atoms with Crippen molar-refractivity contribution in [3.05, 3.63) is 41.2 Å². The Morgan fingerprint density at radius 1 is 1.26 bits per heavy atom. The highest BCUT2D eigenvalue weighted by molar-refractivity contribution is 6.32. The average Bonchev–Trinajstić information content (AvgIpc) is 2.77. The van der Waals surface area contributed by atoms with Gasteiger partial charge < -0.3 is 14.5 Å². The fourth-order valence-corrected chi connectivity index (χ4v) is 4.20. The van der Waals surface area contributed by atoms with E-state index in [1.165, 1.54) is 6.33 Å². The van der Waals surface area contributed by atoms with Crippen molar-refractivity contribution in [2.24, 2.45) is 5.92 Å². The molecular weight excluding hydrogens is 412 g/mol. The van der Waals surface area contributed by atoms with Crippen molar-refractivity contribution in [1.82, 2.24) is 14.9 Å². The van der Waals surface area contributed by atoms with Gasteiger partial charge in [0, 0.05) is 37.7 Å². The number of hydrogen-bond acceptors (Lipinski definition) is 5. The Morgan fingerprint density at radius 3 is 2.77 bits per heavy atom. The molecule has 1 aliphatic rings. The number of aryl methyl sites for hydroxylation is 1. The summed E-state index contributed by atoms with van der Waals surface area (Å²) in [6.45, 7) is 10.6. The third-order valence-electron chi connectivity index (χ3n) is 5.91. The van der Waals surface area contributed by atoms with Crippen LogP contribution in [0.15, 0.2) is 30.6 Å². The molecule has 1 aliphatic heterocycles. The predicted octanol–water partition coefficient (Wildman–Crippen LogP) is 5.48. The molecule has 2 aromatic rings. The SMILES string of the molecule is CCCC[C@@H](CC)C(=O)N1CCN(c2cc(Oc3cc(C)ccc3Cl)ncn2)C[C@@H]1C. The number of nitrogens with zero attached hydrogens (tertiary/aromatic N) is 4. The summed E-state index contributed by atoms with van der Waals surface area (Å²) in [4.78, 5) is 26.0. The summed E-state index contributed by atoms with van der Waals surface area (Å²) in [6.07, 6.45) is 5.62. The van der Waals surface area contributed by atoms with Gasteiger partial charge in [0.15, 0.2) is 0 Å². The maximum Gasteiger partial charge on any atom is 0.226 e. The summed E-state index contributed by atoms with van der Waals surface area (Å²) in [5.74, 6) is 2.25. The van der Waals surface area contributed by atoms with Gasteiger partial charge in [-0.1, -0.05) is 44.4 Å². The lowest BCUT2D eigenvalue weighted by molar-refractivity contribution is -0.138. The topological polar surface area (TPSA) is 58.6 Å². The number of aromatic nitrogens is 2. The number of ether oxygens (including phenoxy) is 1. The van der Waals surface area contributed by atoms with Crippen LogP contribution in [0.5, 0.6) is 11.6 Å². The van der Waals surface area contributed by atoms with Crippen molar-refractivity contribution < 1.29 is 9.53 Å². The van der Waals surface area contributed by atoms with Crippen LogP contribution in [-0.2, 0) is 4.79 Å². The molecule has 1 aromatic heterocycles. The molecule has 0 unspecified atom stereocenters. The van der Waals surface area contributed by atoms with Gasteiger partial charge in [-0.25, -0.2) is 9.97 Å². The molecule has 1 saturated heterocycles. The number of carbonyl (C=O) groups excluding carboxylic acids is 1. The second-order valence-electron chi connectivity index (χ2n) is 8.32. The van der Waals surface area contributed by atoms with Crippen LogP contribution in [-0.4, -0.2) is 46.5 Å². The molecule has 1 amide bonds. The number of rotatable bonds is 8. The molecule has 31 heavy (non-hydrogen) atoms. The molecule has 2 heterocycles. The van der Waals surface area contributed by atoms with Crippen molar-refractivity contribution in [1.29, 1.82) is 0 Å². The Kier molecular flexibility index (Phi) is 8.13. The van der Waals surface area contributed by atoms with E-state index in [2.05, 4.69) is 35.6 Å². The van der Waals surface area contributed by atoms with E-state index in [1.807, 2.05) is 36.1 Å². The number of piperazine rings is 1. The summed E-state index contributed by atoms with van der Waals surface area (Å²) in [5, 5.41) is 0.542. The number of carbonyl (C=O) groups is 1. The van der Waals surface area contributed by atoms with Gasteiger partial charge in [-0.05, 0) is 44.4 Å². The van der Waals surface area contributed by atoms with Crippen LogP contribution >= 0.6 is 11.6 Å². The molecule has 0 saturated carbocycles. The highest BCUT2D eigenvalue weighted by Crippen LogP contribution is 2.30. The number of hydrogen-bond donors (Lipinski definition) is 0. The first kappa shape index (κ1) is 23.3. The largest absolute Gasteiger partial charge is 0.437 e. The molecule has 0 bridgehead atoms. The molecule has 168 valence electrons. The van der Waals surface area contributed by atoms with Gasteiger partial charge in [-0.15, -0.1) is 0 Å². The van der Waals surface area contributed by atoms with Crippen molar-refractivity contribution in [2.75, 3.05) is 24.5 Å². The normalized spacial score (nSPS) is 17.5. The van der Waals surface area contributed by atoms with Crippen LogP contribution in [0.25, 0.3) is 0 Å². The summed E-state index contributed by atoms with van der Waals surface area (Å²) in [6, 6.07) is 7.60. The zero-order valence-corrected chi connectivity index (χ0v) is 19.7. The summed E-state index contributed by atoms with van der Waals surface area (Å²) >= 11 is 6.25. The Labute approximate surface area is 190 Å². The summed E-state index contributed by atoms with van der Waals surface area (Å²) in [5.41, 5.74) is 1.06. The van der Waals surface area contributed by atoms with Gasteiger partial charge in [0.1, 0.15) is 17.9 Å². The van der Waals surface area contributed by atoms with Crippen molar-refractivity contribution >= 4 is 23.3 Å². The number of anilines is 1. The lowest BCUT2D eigenvalue weighted by Gasteiger charge is -2.41. The number of amides is 1. The Bertz CT molecular complexity index is 892. The molecule has 1 aromatic carbocycles. The maximum atomic E-state index is 13.1. The minimum atomic E-state index is 0.127. The summed E-state index contributed by atoms with van der Waals surface area (Å²) < 4.78 is 5.92. The first-order valence-corrected chi connectivity index (χ1v) is 11.6. The van der Waals surface area contributed by atoms with Crippen LogP contribution in [0.2, 0.25) is 5.02 Å². The zero-order valence-electron chi connectivity index (χ0n) is 19.0. The molecule has 0 aliphatic carbocycles. The van der Waals surface area contributed by atoms with Gasteiger partial charge in [0.05, 0.1) is 5.02 Å². The van der Waals surface area contributed by atoms with Crippen LogP contribution in [0.4, 0.5) is 5.82 Å². The number of benzene rings is 1. The van der Waals surface area contributed by atoms with E-state index in [-0.39, 0.29) is 12.0 Å². The molecule has 2 atom stereocenters. The lowest BCUT2D eigenvalue weighted by atomic mass is 9.96. The molecule has 0 spiro atoms. The van der Waals surface area contributed by atoms with Gasteiger partial charge in [-0.2, -0.15) is 0 Å². The molecular formula is C24H33ClN4O2. The fourth-order valence-electron chi connectivity index (χ4n) is 4.04. The lowest BCUT2D eigenvalue weighted by Crippen LogP contribution is -2.55. The second kappa shape index (κ2) is 10.8. The second-order valence-corrected chi connectivity index (χ2v) is 8.73. The van der Waals surface area contributed by atoms with Crippen LogP contribution < -0.4 is 9.64 Å². The van der Waals surface area contributed by atoms with E-state index < -0.39 is 0 Å². The van der Waals surface area contributed by atoms with Gasteiger partial charge in [0.2, 0.25) is 11.8 Å². The van der Waals surface area contributed by atoms with E-state index in [0.29, 0.717) is 29.1 Å². The van der Waals surface area contributed by atoms with E-state index in [9.17, 15) is 4.79 Å². The standard InChI is InChI=1S/C24H33ClN4O2/c1-5-7-8-19(6-2)24(30)29-12-11-28(15-18(29)4)22-14-23(27-16-26-22)31-21-13-17(3)9-10-20(21)25/h9-10,13-14,16,18-19H,5-8,11-12,15H2,1-4H3/t18-,19+/m0/s1. The first-order chi connectivity index (χ1) is 14.9. The van der Waals surface area contributed by atoms with Crippen molar-refractivity contribution in [3.8, 4) is 11.6 Å². The van der Waals surface area contributed by atoms with Crippen LogP contribution in [0, 0.1) is 12.8 Å². The monoisotopic (exact) mass is 444 g/mol. The minimum absolute atomic E-state index is 0.127. The molecule has 0 radical (unpaired) electrons. The first-order valence-electron chi connectivity index (χ1n) is 11.2. The van der Waals surface area contributed by atoms with Gasteiger partial charge in [-0.3, -0.25) is 4.79 Å². The quantitative estimate of drug-likeness (QED) is 0.539. The Balaban J connectivity index is 1.67. The van der Waals surface area contributed by atoms with E-state index in [4.69, 9.17) is 16.3 Å². The molecule has 7 heteroatoms. The van der Waals surface area contributed by atoms with Crippen LogP contribution in [0.3, 0.4) is 0 Å². The van der Waals surface area contributed by atoms with Gasteiger partial charge >= 0.3 is 0 Å². The molecule has 6 nitrogen and oxygen atoms in total. The number of halogens is 1. The highest BCUT2D eigenvalue weighted by atomic mass is 35.5. The highest BCUT2D eigenvalue weighted by Gasteiger charge is 2.31. The molecule has 0 N–H and O–H groups in total. The van der Waals surface area contributed by atoms with E-state index in [0.717, 1.165) is 50.2 Å². The van der Waals surface area contributed by atoms with E-state index >= 15 is 0 Å². The number of unbranched alkanes of at least 4 members (excludes halogenated alkanes) is 1. The zero-order chi connectivity index (χ0) is 22.4.